The van der Waals surface area contributed by atoms with E-state index in [2.05, 4.69) is 39.0 Å². The van der Waals surface area contributed by atoms with Crippen LogP contribution in [0.2, 0.25) is 0 Å². The normalized spacial score (nSPS) is 14.3. The Labute approximate surface area is 219 Å². The summed E-state index contributed by atoms with van der Waals surface area (Å²) < 4.78 is 44.4. The van der Waals surface area contributed by atoms with Gasteiger partial charge in [-0.25, -0.2) is 9.78 Å². The molecule has 1 aliphatic rings. The van der Waals surface area contributed by atoms with Gasteiger partial charge in [-0.2, -0.15) is 13.2 Å². The lowest BCUT2D eigenvalue weighted by molar-refractivity contribution is -0.137. The number of hydrogen-bond donors (Lipinski definition) is 0. The maximum absolute atomic E-state index is 13.0. The van der Waals surface area contributed by atoms with Crippen LogP contribution in [0.4, 0.5) is 19.0 Å². The molecule has 0 saturated carbocycles. The van der Waals surface area contributed by atoms with Gasteiger partial charge in [-0.05, 0) is 47.0 Å². The van der Waals surface area contributed by atoms with Crippen LogP contribution < -0.4 is 9.64 Å². The van der Waals surface area contributed by atoms with Crippen molar-refractivity contribution in [1.29, 1.82) is 0 Å². The second-order valence-electron chi connectivity index (χ2n) is 9.11. The molecule has 1 fully saturated rings. The lowest BCUT2D eigenvalue weighted by atomic mass is 9.98. The molecule has 2 heterocycles. The molecule has 5 rings (SSSR count). The van der Waals surface area contributed by atoms with Crippen molar-refractivity contribution in [2.45, 2.75) is 12.7 Å². The average molecular weight is 518 g/mol. The molecular weight excluding hydrogens is 491 g/mol. The maximum Gasteiger partial charge on any atom is 0.416 e. The number of carbonyl (C=O) groups is 1. The fourth-order valence-electron chi connectivity index (χ4n) is 4.51. The zero-order valence-electron chi connectivity index (χ0n) is 20.6. The molecule has 0 aliphatic carbocycles. The van der Waals surface area contributed by atoms with Gasteiger partial charge in [0.25, 0.3) is 0 Å². The van der Waals surface area contributed by atoms with Crippen LogP contribution in [0.25, 0.3) is 11.1 Å². The monoisotopic (exact) mass is 517 g/mol. The van der Waals surface area contributed by atoms with Gasteiger partial charge in [-0.15, -0.1) is 0 Å². The number of rotatable bonds is 6. The summed E-state index contributed by atoms with van der Waals surface area (Å²) in [7, 11) is 0. The van der Waals surface area contributed by atoms with Gasteiger partial charge in [0.15, 0.2) is 0 Å². The first-order valence-electron chi connectivity index (χ1n) is 12.3. The van der Waals surface area contributed by atoms with Crippen LogP contribution in [-0.2, 0) is 12.7 Å². The molecule has 38 heavy (non-hydrogen) atoms. The predicted octanol–water partition coefficient (Wildman–Crippen LogP) is 6.31. The number of piperazine rings is 1. The van der Waals surface area contributed by atoms with Crippen LogP contribution in [-0.4, -0.2) is 42.0 Å². The first-order valence-corrected chi connectivity index (χ1v) is 12.3. The third kappa shape index (κ3) is 6.03. The van der Waals surface area contributed by atoms with Gasteiger partial charge in [0.2, 0.25) is 0 Å². The second-order valence-corrected chi connectivity index (χ2v) is 9.11. The number of esters is 1. The van der Waals surface area contributed by atoms with E-state index in [4.69, 9.17) is 4.74 Å². The summed E-state index contributed by atoms with van der Waals surface area (Å²) in [4.78, 5) is 22.1. The summed E-state index contributed by atoms with van der Waals surface area (Å²) in [5.41, 5.74) is 1.79. The fraction of sp³-hybridized carbons (Fsp3) is 0.200. The van der Waals surface area contributed by atoms with Gasteiger partial charge < -0.3 is 9.64 Å². The number of benzene rings is 3. The summed E-state index contributed by atoms with van der Waals surface area (Å²) in [5.74, 6) is 0.502. The van der Waals surface area contributed by atoms with E-state index >= 15 is 0 Å². The van der Waals surface area contributed by atoms with Gasteiger partial charge >= 0.3 is 12.1 Å². The van der Waals surface area contributed by atoms with Crippen molar-refractivity contribution in [3.05, 3.63) is 114 Å². The molecule has 1 aliphatic heterocycles. The van der Waals surface area contributed by atoms with Crippen molar-refractivity contribution in [2.75, 3.05) is 31.1 Å². The molecule has 0 spiro atoms. The topological polar surface area (TPSA) is 45.7 Å². The Balaban J connectivity index is 1.21. The molecule has 0 N–H and O–H groups in total. The van der Waals surface area contributed by atoms with E-state index in [0.717, 1.165) is 50.7 Å². The van der Waals surface area contributed by atoms with E-state index in [1.54, 1.807) is 30.3 Å². The molecule has 5 nitrogen and oxygen atoms in total. The largest absolute Gasteiger partial charge is 0.421 e. The summed E-state index contributed by atoms with van der Waals surface area (Å²) in [6, 6.07) is 25.3. The average Bonchev–Trinajstić information content (AvgIpc) is 2.94. The van der Waals surface area contributed by atoms with Gasteiger partial charge in [-0.1, -0.05) is 60.7 Å². The van der Waals surface area contributed by atoms with Gasteiger partial charge in [0.1, 0.15) is 11.6 Å². The minimum absolute atomic E-state index is 0.255. The summed E-state index contributed by atoms with van der Waals surface area (Å²) in [6.07, 6.45) is -2.91. The van der Waals surface area contributed by atoms with E-state index in [9.17, 15) is 18.0 Å². The smallest absolute Gasteiger partial charge is 0.416 e. The van der Waals surface area contributed by atoms with E-state index in [1.807, 2.05) is 12.1 Å². The SMILES string of the molecule is O=C(Oc1ccc(N2CCN(Cc3ccccc3)CC2)nc1)c1ccccc1-c1ccc(C(F)(F)F)cc1. The summed E-state index contributed by atoms with van der Waals surface area (Å²) in [5, 5.41) is 0. The maximum atomic E-state index is 13.0. The highest BCUT2D eigenvalue weighted by Crippen LogP contribution is 2.32. The molecule has 0 radical (unpaired) electrons. The molecule has 0 atom stereocenters. The number of ether oxygens (including phenoxy) is 1. The molecule has 1 aromatic heterocycles. The van der Waals surface area contributed by atoms with Crippen molar-refractivity contribution >= 4 is 11.8 Å². The number of halogens is 3. The van der Waals surface area contributed by atoms with Gasteiger partial charge in [-0.3, -0.25) is 4.90 Å². The first-order chi connectivity index (χ1) is 18.4. The summed E-state index contributed by atoms with van der Waals surface area (Å²) >= 11 is 0. The van der Waals surface area contributed by atoms with Crippen LogP contribution >= 0.6 is 0 Å². The summed E-state index contributed by atoms with van der Waals surface area (Å²) in [6.45, 7) is 4.46. The molecule has 4 aromatic rings. The third-order valence-electron chi connectivity index (χ3n) is 6.55. The van der Waals surface area contributed by atoms with E-state index in [-0.39, 0.29) is 5.56 Å². The molecule has 194 valence electrons. The van der Waals surface area contributed by atoms with Gasteiger partial charge in [0.05, 0.1) is 17.3 Å². The van der Waals surface area contributed by atoms with Crippen molar-refractivity contribution in [2.24, 2.45) is 0 Å². The molecule has 1 saturated heterocycles. The Hall–Kier alpha value is -4.17. The van der Waals surface area contributed by atoms with Crippen molar-refractivity contribution < 1.29 is 22.7 Å². The lowest BCUT2D eigenvalue weighted by Gasteiger charge is -2.35. The zero-order chi connectivity index (χ0) is 26.5. The number of anilines is 1. The van der Waals surface area contributed by atoms with Crippen molar-refractivity contribution in [1.82, 2.24) is 9.88 Å². The lowest BCUT2D eigenvalue weighted by Crippen LogP contribution is -2.46. The Morgan fingerprint density at radius 1 is 0.816 bits per heavy atom. The Morgan fingerprint density at radius 3 is 2.16 bits per heavy atom. The highest BCUT2D eigenvalue weighted by molar-refractivity contribution is 5.98. The van der Waals surface area contributed by atoms with Gasteiger partial charge in [0, 0.05) is 32.7 Å². The Bertz CT molecular complexity index is 1370. The molecular formula is C30H26F3N3O2. The molecule has 3 aromatic carbocycles. The van der Waals surface area contributed by atoms with Crippen molar-refractivity contribution in [3.63, 3.8) is 0 Å². The molecule has 8 heteroatoms. The minimum atomic E-state index is -4.42. The van der Waals surface area contributed by atoms with E-state index in [1.165, 1.54) is 23.9 Å². The number of alkyl halides is 3. The number of nitrogens with zero attached hydrogens (tertiary/aromatic N) is 3. The number of pyridine rings is 1. The van der Waals surface area contributed by atoms with E-state index < -0.39 is 17.7 Å². The highest BCUT2D eigenvalue weighted by atomic mass is 19.4. The number of hydrogen-bond acceptors (Lipinski definition) is 5. The number of carbonyl (C=O) groups excluding carboxylic acids is 1. The first kappa shape index (κ1) is 25.5. The Kier molecular flexibility index (Phi) is 7.42. The van der Waals surface area contributed by atoms with Crippen LogP contribution in [0.1, 0.15) is 21.5 Å². The second kappa shape index (κ2) is 11.1. The van der Waals surface area contributed by atoms with Crippen LogP contribution in [0.5, 0.6) is 5.75 Å². The van der Waals surface area contributed by atoms with Crippen LogP contribution in [0.15, 0.2) is 97.2 Å². The predicted molar refractivity (Wildman–Crippen MR) is 140 cm³/mol. The minimum Gasteiger partial charge on any atom is -0.421 e. The third-order valence-corrected chi connectivity index (χ3v) is 6.55. The molecule has 0 bridgehead atoms. The number of aromatic nitrogens is 1. The van der Waals surface area contributed by atoms with Crippen LogP contribution in [0.3, 0.4) is 0 Å². The fourth-order valence-corrected chi connectivity index (χ4v) is 4.51. The Morgan fingerprint density at radius 2 is 1.50 bits per heavy atom. The highest BCUT2D eigenvalue weighted by Gasteiger charge is 2.30. The molecule has 0 unspecified atom stereocenters. The van der Waals surface area contributed by atoms with Crippen molar-refractivity contribution in [3.8, 4) is 16.9 Å². The quantitative estimate of drug-likeness (QED) is 0.281. The van der Waals surface area contributed by atoms with Crippen LogP contribution in [0, 0.1) is 0 Å². The standard InChI is InChI=1S/C30H26F3N3O2/c31-30(32,33)24-12-10-23(11-13-24)26-8-4-5-9-27(26)29(37)38-25-14-15-28(34-20-25)36-18-16-35(17-19-36)21-22-6-2-1-3-7-22/h1-15,20H,16-19,21H2. The molecule has 0 amide bonds. The zero-order valence-corrected chi connectivity index (χ0v) is 20.6. The van der Waals surface area contributed by atoms with E-state index in [0.29, 0.717) is 16.9 Å².